The van der Waals surface area contributed by atoms with Crippen molar-refractivity contribution in [1.29, 1.82) is 0 Å². The van der Waals surface area contributed by atoms with Crippen molar-refractivity contribution in [3.8, 4) is 5.75 Å². The third kappa shape index (κ3) is 4.69. The van der Waals surface area contributed by atoms with E-state index in [1.165, 1.54) is 19.3 Å². The van der Waals surface area contributed by atoms with E-state index in [0.29, 0.717) is 23.4 Å². The Morgan fingerprint density at radius 2 is 1.88 bits per heavy atom. The van der Waals surface area contributed by atoms with Crippen LogP contribution in [0.25, 0.3) is 11.0 Å². The molecule has 1 amide bonds. The molecule has 1 saturated carbocycles. The molecule has 0 bridgehead atoms. The molecule has 1 saturated heterocycles. The van der Waals surface area contributed by atoms with Gasteiger partial charge in [0.15, 0.2) is 0 Å². The van der Waals surface area contributed by atoms with Crippen LogP contribution in [0.4, 0.5) is 0 Å². The highest BCUT2D eigenvalue weighted by molar-refractivity contribution is 5.85. The number of amides is 1. The summed E-state index contributed by atoms with van der Waals surface area (Å²) < 4.78 is 10.7. The van der Waals surface area contributed by atoms with Gasteiger partial charge in [-0.2, -0.15) is 0 Å². The average molecular weight is 442 g/mol. The number of aryl methyl sites for hydroxylation is 1. The van der Waals surface area contributed by atoms with Crippen molar-refractivity contribution in [2.24, 2.45) is 0 Å². The number of piperazine rings is 1. The number of ether oxygens (including phenoxy) is 1. The van der Waals surface area contributed by atoms with Gasteiger partial charge in [0.05, 0.1) is 19.1 Å². The third-order valence-electron chi connectivity index (χ3n) is 7.40. The summed E-state index contributed by atoms with van der Waals surface area (Å²) in [4.78, 5) is 30.5. The fraction of sp³-hybridized carbons (Fsp3) is 0.600. The van der Waals surface area contributed by atoms with Crippen LogP contribution in [0.15, 0.2) is 27.4 Å². The van der Waals surface area contributed by atoms with Crippen LogP contribution in [0.1, 0.15) is 43.2 Å². The van der Waals surface area contributed by atoms with Crippen molar-refractivity contribution in [3.05, 3.63) is 39.7 Å². The molecule has 1 N–H and O–H groups in total. The summed E-state index contributed by atoms with van der Waals surface area (Å²) in [6.45, 7) is 6.74. The average Bonchev–Trinajstić information content (AvgIpc) is 2.81. The van der Waals surface area contributed by atoms with E-state index in [4.69, 9.17) is 9.15 Å². The van der Waals surface area contributed by atoms with Crippen LogP contribution in [0, 0.1) is 6.92 Å². The zero-order valence-electron chi connectivity index (χ0n) is 19.5. The van der Waals surface area contributed by atoms with Crippen LogP contribution in [0.2, 0.25) is 0 Å². The fourth-order valence-electron chi connectivity index (χ4n) is 5.29. The summed E-state index contributed by atoms with van der Waals surface area (Å²) in [7, 11) is 3.74. The molecule has 2 aromatic rings. The quantitative estimate of drug-likeness (QED) is 0.695. The maximum Gasteiger partial charge on any atom is 0.340 e. The van der Waals surface area contributed by atoms with Gasteiger partial charge in [0.25, 0.3) is 0 Å². The summed E-state index contributed by atoms with van der Waals surface area (Å²) in [5.41, 5.74) is 1.28. The van der Waals surface area contributed by atoms with Crippen molar-refractivity contribution in [2.45, 2.75) is 51.0 Å². The Bertz CT molecular complexity index is 1020. The monoisotopic (exact) mass is 441 g/mol. The van der Waals surface area contributed by atoms with Gasteiger partial charge in [0, 0.05) is 49.7 Å². The maximum atomic E-state index is 12.9. The highest BCUT2D eigenvalue weighted by Gasteiger charge is 2.39. The molecule has 1 aliphatic heterocycles. The van der Waals surface area contributed by atoms with Crippen LogP contribution in [0.5, 0.6) is 5.75 Å². The van der Waals surface area contributed by atoms with Gasteiger partial charge in [-0.15, -0.1) is 0 Å². The Kier molecular flexibility index (Phi) is 6.86. The lowest BCUT2D eigenvalue weighted by atomic mass is 9.79. The van der Waals surface area contributed by atoms with Gasteiger partial charge in [0.1, 0.15) is 11.3 Å². The van der Waals surface area contributed by atoms with Gasteiger partial charge < -0.3 is 19.4 Å². The number of likely N-dealkylation sites (N-methyl/N-ethyl adjacent to an activating group) is 1. The highest BCUT2D eigenvalue weighted by Crippen LogP contribution is 2.34. The number of rotatable bonds is 6. The molecule has 174 valence electrons. The van der Waals surface area contributed by atoms with Crippen LogP contribution in [-0.4, -0.2) is 68.1 Å². The second-order valence-electron chi connectivity index (χ2n) is 9.38. The van der Waals surface area contributed by atoms with E-state index in [9.17, 15) is 9.59 Å². The zero-order chi connectivity index (χ0) is 22.7. The van der Waals surface area contributed by atoms with E-state index in [1.807, 2.05) is 19.1 Å². The molecule has 2 heterocycles. The molecular formula is C25H35N3O4. The molecular weight excluding hydrogens is 406 g/mol. The molecule has 0 atom stereocenters. The van der Waals surface area contributed by atoms with E-state index in [1.54, 1.807) is 13.2 Å². The van der Waals surface area contributed by atoms with Gasteiger partial charge in [-0.25, -0.2) is 4.79 Å². The normalized spacial score (nSPS) is 19.7. The van der Waals surface area contributed by atoms with Crippen molar-refractivity contribution in [2.75, 3.05) is 46.9 Å². The fourth-order valence-corrected chi connectivity index (χ4v) is 5.29. The van der Waals surface area contributed by atoms with Crippen molar-refractivity contribution in [1.82, 2.24) is 15.1 Å². The summed E-state index contributed by atoms with van der Waals surface area (Å²) in [5.74, 6) is 0.513. The Balaban J connectivity index is 1.48. The Labute approximate surface area is 189 Å². The van der Waals surface area contributed by atoms with Gasteiger partial charge in [-0.3, -0.25) is 9.69 Å². The minimum Gasteiger partial charge on any atom is -0.497 e. The first-order valence-electron chi connectivity index (χ1n) is 11.7. The van der Waals surface area contributed by atoms with E-state index in [-0.39, 0.29) is 17.9 Å². The van der Waals surface area contributed by atoms with Gasteiger partial charge in [0.2, 0.25) is 5.91 Å². The summed E-state index contributed by atoms with van der Waals surface area (Å²) in [6.07, 6.45) is 5.96. The molecule has 0 spiro atoms. The second-order valence-corrected chi connectivity index (χ2v) is 9.38. The highest BCUT2D eigenvalue weighted by atomic mass is 16.5. The van der Waals surface area contributed by atoms with Gasteiger partial charge in [-0.1, -0.05) is 19.3 Å². The van der Waals surface area contributed by atoms with E-state index in [0.717, 1.165) is 50.0 Å². The molecule has 7 heteroatoms. The second kappa shape index (κ2) is 9.63. The Hall–Kier alpha value is -2.38. The predicted octanol–water partition coefficient (Wildman–Crippen LogP) is 2.72. The minimum absolute atomic E-state index is 0.0365. The number of hydrogen-bond acceptors (Lipinski definition) is 6. The molecule has 0 radical (unpaired) electrons. The molecule has 1 aromatic carbocycles. The van der Waals surface area contributed by atoms with E-state index < -0.39 is 5.63 Å². The lowest BCUT2D eigenvalue weighted by Gasteiger charge is -2.49. The molecule has 1 aromatic heterocycles. The predicted molar refractivity (Wildman–Crippen MR) is 125 cm³/mol. The summed E-state index contributed by atoms with van der Waals surface area (Å²) in [5, 5.41) is 4.00. The lowest BCUT2D eigenvalue weighted by molar-refractivity contribution is -0.121. The molecule has 2 fully saturated rings. The number of carbonyl (C=O) groups is 1. The SMILES string of the molecule is COc1ccc2c(C)c(CC(=O)NCC3(N4CCN(C)CC4)CCCCC3)c(=O)oc2c1. The van der Waals surface area contributed by atoms with E-state index >= 15 is 0 Å². The first-order chi connectivity index (χ1) is 15.4. The minimum atomic E-state index is -0.454. The van der Waals surface area contributed by atoms with Crippen molar-refractivity contribution in [3.63, 3.8) is 0 Å². The Morgan fingerprint density at radius 1 is 1.16 bits per heavy atom. The van der Waals surface area contributed by atoms with Gasteiger partial charge >= 0.3 is 5.63 Å². The van der Waals surface area contributed by atoms with Crippen LogP contribution < -0.4 is 15.7 Å². The lowest BCUT2D eigenvalue weighted by Crippen LogP contribution is -2.61. The van der Waals surface area contributed by atoms with Crippen LogP contribution >= 0.6 is 0 Å². The molecule has 4 rings (SSSR count). The first-order valence-corrected chi connectivity index (χ1v) is 11.7. The van der Waals surface area contributed by atoms with E-state index in [2.05, 4.69) is 22.2 Å². The topological polar surface area (TPSA) is 75.0 Å². The number of nitrogens with zero attached hydrogens (tertiary/aromatic N) is 2. The maximum absolute atomic E-state index is 12.9. The van der Waals surface area contributed by atoms with Crippen LogP contribution in [-0.2, 0) is 11.2 Å². The Morgan fingerprint density at radius 3 is 2.56 bits per heavy atom. The van der Waals surface area contributed by atoms with Gasteiger partial charge in [-0.05, 0) is 44.5 Å². The smallest absolute Gasteiger partial charge is 0.340 e. The number of methoxy groups -OCH3 is 1. The largest absolute Gasteiger partial charge is 0.497 e. The standard InChI is InChI=1S/C25H35N3O4/c1-18-20-8-7-19(31-3)15-22(20)32-24(30)21(18)16-23(29)26-17-25(9-5-4-6-10-25)28-13-11-27(2)12-14-28/h7-8,15H,4-6,9-14,16-17H2,1-3H3,(H,26,29). The molecule has 7 nitrogen and oxygen atoms in total. The third-order valence-corrected chi connectivity index (χ3v) is 7.40. The summed E-state index contributed by atoms with van der Waals surface area (Å²) >= 11 is 0. The first kappa shape index (κ1) is 22.8. The van der Waals surface area contributed by atoms with Crippen molar-refractivity contribution < 1.29 is 13.9 Å². The molecule has 1 aliphatic carbocycles. The molecule has 2 aliphatic rings. The summed E-state index contributed by atoms with van der Waals surface area (Å²) in [6, 6.07) is 5.41. The number of nitrogens with one attached hydrogen (secondary N) is 1. The number of fused-ring (bicyclic) bond motifs is 1. The number of hydrogen-bond donors (Lipinski definition) is 1. The number of carbonyl (C=O) groups excluding carboxylic acids is 1. The number of benzene rings is 1. The zero-order valence-corrected chi connectivity index (χ0v) is 19.5. The molecule has 0 unspecified atom stereocenters. The molecule has 32 heavy (non-hydrogen) atoms. The van der Waals surface area contributed by atoms with Crippen LogP contribution in [0.3, 0.4) is 0 Å². The van der Waals surface area contributed by atoms with Crippen molar-refractivity contribution >= 4 is 16.9 Å².